The molecule has 1 heterocycles. The summed E-state index contributed by atoms with van der Waals surface area (Å²) in [5.74, 6) is 0.272. The molecule has 0 atom stereocenters. The molecule has 0 radical (unpaired) electrons. The zero-order valence-electron chi connectivity index (χ0n) is 9.09. The lowest BCUT2D eigenvalue weighted by atomic mass is 9.97. The van der Waals surface area contributed by atoms with E-state index in [2.05, 4.69) is 4.90 Å². The monoisotopic (exact) mass is 254 g/mol. The summed E-state index contributed by atoms with van der Waals surface area (Å²) in [5, 5.41) is 0. The number of hydrogen-bond donors (Lipinski definition) is 1. The molecule has 94 valence electrons. The normalized spacial score (nSPS) is 19.9. The molecular formula is C10H17F3N2S. The van der Waals surface area contributed by atoms with Gasteiger partial charge in [0.15, 0.2) is 0 Å². The highest BCUT2D eigenvalue weighted by Crippen LogP contribution is 2.23. The van der Waals surface area contributed by atoms with Gasteiger partial charge in [0.05, 0.1) is 4.99 Å². The van der Waals surface area contributed by atoms with Crippen LogP contribution in [-0.4, -0.2) is 35.7 Å². The molecule has 0 aromatic rings. The largest absolute Gasteiger partial charge is 0.393 e. The minimum Gasteiger partial charge on any atom is -0.393 e. The van der Waals surface area contributed by atoms with Gasteiger partial charge in [0.2, 0.25) is 0 Å². The molecule has 0 aliphatic carbocycles. The van der Waals surface area contributed by atoms with Crippen molar-refractivity contribution >= 4 is 17.2 Å². The average molecular weight is 254 g/mol. The van der Waals surface area contributed by atoms with E-state index in [1.807, 2.05) is 0 Å². The molecule has 1 aliphatic rings. The second kappa shape index (κ2) is 5.82. The molecule has 1 aliphatic heterocycles. The summed E-state index contributed by atoms with van der Waals surface area (Å²) in [6.07, 6.45) is -2.79. The first-order chi connectivity index (χ1) is 7.38. The van der Waals surface area contributed by atoms with E-state index in [-0.39, 0.29) is 12.3 Å². The molecule has 0 saturated carbocycles. The number of thiocarbonyl (C=S) groups is 1. The van der Waals surface area contributed by atoms with Gasteiger partial charge in [0.1, 0.15) is 0 Å². The molecule has 0 bridgehead atoms. The summed E-state index contributed by atoms with van der Waals surface area (Å²) in [4.78, 5) is 2.59. The molecule has 0 amide bonds. The number of alkyl halides is 3. The molecule has 0 aromatic heterocycles. The minimum atomic E-state index is -4.03. The summed E-state index contributed by atoms with van der Waals surface area (Å²) in [7, 11) is 0. The molecule has 1 rings (SSSR count). The van der Waals surface area contributed by atoms with Gasteiger partial charge in [-0.1, -0.05) is 12.2 Å². The fourth-order valence-corrected chi connectivity index (χ4v) is 2.18. The molecule has 0 aromatic carbocycles. The predicted octanol–water partition coefficient (Wildman–Crippen LogP) is 2.33. The lowest BCUT2D eigenvalue weighted by Crippen LogP contribution is -2.38. The maximum absolute atomic E-state index is 11.9. The topological polar surface area (TPSA) is 29.3 Å². The van der Waals surface area contributed by atoms with Crippen molar-refractivity contribution in [3.05, 3.63) is 0 Å². The van der Waals surface area contributed by atoms with Crippen LogP contribution in [0.15, 0.2) is 0 Å². The Kier molecular flexibility index (Phi) is 4.98. The highest BCUT2D eigenvalue weighted by atomic mass is 32.1. The summed E-state index contributed by atoms with van der Waals surface area (Å²) in [5.41, 5.74) is 5.53. The Balaban J connectivity index is 2.15. The quantitative estimate of drug-likeness (QED) is 0.781. The van der Waals surface area contributed by atoms with Crippen LogP contribution in [0.1, 0.15) is 25.7 Å². The maximum Gasteiger partial charge on any atom is 0.389 e. The first kappa shape index (κ1) is 13.7. The van der Waals surface area contributed by atoms with Crippen molar-refractivity contribution in [3.63, 3.8) is 0 Å². The molecule has 0 unspecified atom stereocenters. The third-order valence-electron chi connectivity index (χ3n) is 2.92. The van der Waals surface area contributed by atoms with E-state index in [0.717, 1.165) is 25.9 Å². The van der Waals surface area contributed by atoms with Crippen molar-refractivity contribution in [2.45, 2.75) is 31.9 Å². The number of piperidine rings is 1. The van der Waals surface area contributed by atoms with Gasteiger partial charge in [0.25, 0.3) is 0 Å². The predicted molar refractivity (Wildman–Crippen MR) is 61.2 cm³/mol. The molecule has 6 heteroatoms. The van der Waals surface area contributed by atoms with Crippen LogP contribution in [-0.2, 0) is 0 Å². The Morgan fingerprint density at radius 2 is 1.88 bits per heavy atom. The summed E-state index contributed by atoms with van der Waals surface area (Å²) in [6.45, 7) is 2.13. The van der Waals surface area contributed by atoms with E-state index in [0.29, 0.717) is 11.5 Å². The zero-order valence-corrected chi connectivity index (χ0v) is 9.91. The lowest BCUT2D eigenvalue weighted by molar-refractivity contribution is -0.136. The molecule has 0 spiro atoms. The third-order valence-corrected chi connectivity index (χ3v) is 3.26. The Hall–Kier alpha value is -0.360. The van der Waals surface area contributed by atoms with Gasteiger partial charge < -0.3 is 10.6 Å². The van der Waals surface area contributed by atoms with Gasteiger partial charge in [-0.15, -0.1) is 0 Å². The van der Waals surface area contributed by atoms with Crippen molar-refractivity contribution in [1.29, 1.82) is 0 Å². The van der Waals surface area contributed by atoms with Crippen molar-refractivity contribution < 1.29 is 13.2 Å². The number of hydrogen-bond acceptors (Lipinski definition) is 2. The Bertz CT molecular complexity index is 235. The fourth-order valence-electron chi connectivity index (χ4n) is 1.94. The summed E-state index contributed by atoms with van der Waals surface area (Å²) < 4.78 is 35.8. The minimum absolute atomic E-state index is 0.182. The van der Waals surface area contributed by atoms with E-state index in [1.54, 1.807) is 0 Å². The first-order valence-corrected chi connectivity index (χ1v) is 5.88. The van der Waals surface area contributed by atoms with Crippen LogP contribution < -0.4 is 5.73 Å². The van der Waals surface area contributed by atoms with Crippen LogP contribution in [0.25, 0.3) is 0 Å². The highest BCUT2D eigenvalue weighted by molar-refractivity contribution is 7.80. The van der Waals surface area contributed by atoms with Crippen molar-refractivity contribution in [1.82, 2.24) is 4.90 Å². The number of likely N-dealkylation sites (tertiary alicyclic amines) is 1. The van der Waals surface area contributed by atoms with Crippen LogP contribution in [0.4, 0.5) is 13.2 Å². The van der Waals surface area contributed by atoms with E-state index >= 15 is 0 Å². The molecular weight excluding hydrogens is 237 g/mol. The van der Waals surface area contributed by atoms with E-state index < -0.39 is 12.6 Å². The zero-order chi connectivity index (χ0) is 12.2. The van der Waals surface area contributed by atoms with Crippen LogP contribution >= 0.6 is 12.2 Å². The Morgan fingerprint density at radius 1 is 1.31 bits per heavy atom. The van der Waals surface area contributed by atoms with E-state index in [9.17, 15) is 13.2 Å². The summed E-state index contributed by atoms with van der Waals surface area (Å²) in [6, 6.07) is 0. The molecule has 16 heavy (non-hydrogen) atoms. The number of nitrogens with zero attached hydrogens (tertiary/aromatic N) is 1. The smallest absolute Gasteiger partial charge is 0.389 e. The van der Waals surface area contributed by atoms with E-state index in [4.69, 9.17) is 18.0 Å². The molecule has 1 fully saturated rings. The SMILES string of the molecule is NC(=S)C1CCN(CCCC(F)(F)F)CC1. The Labute approximate surface area is 99.0 Å². The number of nitrogens with two attached hydrogens (primary N) is 1. The third kappa shape index (κ3) is 5.12. The van der Waals surface area contributed by atoms with Crippen LogP contribution in [0.2, 0.25) is 0 Å². The van der Waals surface area contributed by atoms with Gasteiger partial charge in [-0.3, -0.25) is 0 Å². The van der Waals surface area contributed by atoms with E-state index in [1.165, 1.54) is 0 Å². The van der Waals surface area contributed by atoms with Crippen molar-refractivity contribution in [3.8, 4) is 0 Å². The molecule has 2 N–H and O–H groups in total. The second-order valence-electron chi connectivity index (χ2n) is 4.24. The average Bonchev–Trinajstić information content (AvgIpc) is 2.16. The first-order valence-electron chi connectivity index (χ1n) is 5.47. The fraction of sp³-hybridized carbons (Fsp3) is 0.900. The van der Waals surface area contributed by atoms with Crippen LogP contribution in [0.3, 0.4) is 0 Å². The molecule has 2 nitrogen and oxygen atoms in total. The second-order valence-corrected chi connectivity index (χ2v) is 4.71. The van der Waals surface area contributed by atoms with Crippen molar-refractivity contribution in [2.75, 3.05) is 19.6 Å². The number of rotatable bonds is 4. The van der Waals surface area contributed by atoms with Gasteiger partial charge in [-0.25, -0.2) is 0 Å². The lowest BCUT2D eigenvalue weighted by Gasteiger charge is -2.31. The maximum atomic E-state index is 11.9. The van der Waals surface area contributed by atoms with Crippen molar-refractivity contribution in [2.24, 2.45) is 11.7 Å². The number of halogens is 3. The van der Waals surface area contributed by atoms with Gasteiger partial charge in [-0.05, 0) is 38.9 Å². The van der Waals surface area contributed by atoms with Gasteiger partial charge in [0, 0.05) is 12.3 Å². The standard InChI is InChI=1S/C10H17F3N2S/c11-10(12,13)4-1-5-15-6-2-8(3-7-15)9(14)16/h8H,1-7H2,(H2,14,16). The Morgan fingerprint density at radius 3 is 2.31 bits per heavy atom. The molecule has 1 saturated heterocycles. The van der Waals surface area contributed by atoms with Crippen LogP contribution in [0.5, 0.6) is 0 Å². The summed E-state index contributed by atoms with van der Waals surface area (Å²) >= 11 is 4.90. The van der Waals surface area contributed by atoms with Gasteiger partial charge >= 0.3 is 6.18 Å². The van der Waals surface area contributed by atoms with Crippen LogP contribution in [0, 0.1) is 5.92 Å². The highest BCUT2D eigenvalue weighted by Gasteiger charge is 2.27. The van der Waals surface area contributed by atoms with Gasteiger partial charge in [-0.2, -0.15) is 13.2 Å².